The molecule has 3 amide bonds. The maximum atomic E-state index is 12.3. The molecule has 0 radical (unpaired) electrons. The first-order chi connectivity index (χ1) is 16.9. The van der Waals surface area contributed by atoms with Crippen LogP contribution in [0.1, 0.15) is 41.3 Å². The maximum absolute atomic E-state index is 12.3. The van der Waals surface area contributed by atoms with Gasteiger partial charge in [0.15, 0.2) is 0 Å². The molecule has 35 heavy (non-hydrogen) atoms. The normalized spacial score (nSPS) is 13.7. The Kier molecular flexibility index (Phi) is 8.99. The highest BCUT2D eigenvalue weighted by Gasteiger charge is 2.25. The molecule has 1 fully saturated rings. The molecule has 2 aromatic rings. The summed E-state index contributed by atoms with van der Waals surface area (Å²) in [5.74, 6) is 9.72. The Morgan fingerprint density at radius 2 is 1.54 bits per heavy atom. The molecule has 0 heterocycles. The largest absolute Gasteiger partial charge is 0.391 e. The van der Waals surface area contributed by atoms with Gasteiger partial charge < -0.3 is 21.1 Å². The van der Waals surface area contributed by atoms with Crippen LogP contribution < -0.4 is 21.4 Å². The molecular formula is C26H26N4O5. The maximum Gasteiger partial charge on any atom is 0.268 e. The Balaban J connectivity index is 1.52. The Morgan fingerprint density at radius 3 is 2.06 bits per heavy atom. The van der Waals surface area contributed by atoms with Crippen LogP contribution in [-0.4, -0.2) is 52.8 Å². The molecule has 3 rings (SSSR count). The minimum absolute atomic E-state index is 0.0801. The zero-order valence-electron chi connectivity index (χ0n) is 19.1. The van der Waals surface area contributed by atoms with Crippen molar-refractivity contribution in [2.45, 2.75) is 38.0 Å². The first-order valence-electron chi connectivity index (χ1n) is 11.0. The fraction of sp³-hybridized carbons (Fsp3) is 0.269. The third kappa shape index (κ3) is 8.29. The van der Waals surface area contributed by atoms with Crippen molar-refractivity contribution < 1.29 is 24.7 Å². The Labute approximate surface area is 203 Å². The number of amides is 3. The quantitative estimate of drug-likeness (QED) is 0.190. The van der Waals surface area contributed by atoms with Crippen molar-refractivity contribution in [3.05, 3.63) is 65.2 Å². The van der Waals surface area contributed by atoms with Gasteiger partial charge in [0.1, 0.15) is 6.04 Å². The van der Waals surface area contributed by atoms with Crippen molar-refractivity contribution >= 4 is 23.4 Å². The van der Waals surface area contributed by atoms with Crippen molar-refractivity contribution in [1.29, 1.82) is 0 Å². The summed E-state index contributed by atoms with van der Waals surface area (Å²) in [7, 11) is 0. The third-order valence-electron chi connectivity index (χ3n) is 5.08. The van der Waals surface area contributed by atoms with Crippen LogP contribution in [0.5, 0.6) is 0 Å². The lowest BCUT2D eigenvalue weighted by atomic mass is 10.1. The van der Waals surface area contributed by atoms with Crippen LogP contribution in [0.15, 0.2) is 48.5 Å². The number of carbonyl (C=O) groups is 3. The highest BCUT2D eigenvalue weighted by molar-refractivity contribution is 5.97. The van der Waals surface area contributed by atoms with Crippen LogP contribution in [0.4, 0.5) is 5.69 Å². The number of hydrogen-bond acceptors (Lipinski definition) is 6. The van der Waals surface area contributed by atoms with E-state index in [1.165, 1.54) is 24.5 Å². The molecule has 9 nitrogen and oxygen atoms in total. The monoisotopic (exact) mass is 474 g/mol. The Hall–Kier alpha value is -4.15. The molecule has 0 unspecified atom stereocenters. The van der Waals surface area contributed by atoms with E-state index in [0.717, 1.165) is 18.4 Å². The zero-order chi connectivity index (χ0) is 25.2. The summed E-state index contributed by atoms with van der Waals surface area (Å²) in [5, 5.41) is 26.7. The Bertz CT molecular complexity index is 1180. The second-order valence-electron chi connectivity index (χ2n) is 8.03. The zero-order valence-corrected chi connectivity index (χ0v) is 19.1. The molecule has 6 N–H and O–H groups in total. The van der Waals surface area contributed by atoms with Gasteiger partial charge in [-0.15, -0.1) is 0 Å². The van der Waals surface area contributed by atoms with E-state index in [0.29, 0.717) is 23.8 Å². The standard InChI is InChI=1S/C26H26N4O5/c1-17(31)24(26(34)30-35)29-25(33)20-10-6-18(7-11-20)4-2-3-5-19-8-12-22(13-9-19)28-23(32)16-27-21-14-15-21/h6-13,17,21,24,27,31,35H,14-16H2,1H3,(H,28,32)(H,29,33)(H,30,34)/t17-,24+/m1/s1. The van der Waals surface area contributed by atoms with E-state index in [-0.39, 0.29) is 11.5 Å². The van der Waals surface area contributed by atoms with Crippen molar-refractivity contribution in [3.8, 4) is 23.7 Å². The lowest BCUT2D eigenvalue weighted by molar-refractivity contribution is -0.133. The van der Waals surface area contributed by atoms with E-state index < -0.39 is 24.0 Å². The molecule has 0 saturated heterocycles. The van der Waals surface area contributed by atoms with Gasteiger partial charge in [0, 0.05) is 28.4 Å². The third-order valence-corrected chi connectivity index (χ3v) is 5.08. The number of carbonyl (C=O) groups excluding carboxylic acids is 3. The second-order valence-corrected chi connectivity index (χ2v) is 8.03. The van der Waals surface area contributed by atoms with E-state index in [9.17, 15) is 19.5 Å². The van der Waals surface area contributed by atoms with Crippen molar-refractivity contribution in [2.75, 3.05) is 11.9 Å². The summed E-state index contributed by atoms with van der Waals surface area (Å²) < 4.78 is 0. The molecule has 0 bridgehead atoms. The summed E-state index contributed by atoms with van der Waals surface area (Å²) in [6.45, 7) is 1.62. The first kappa shape index (κ1) is 25.5. The minimum atomic E-state index is -1.29. The molecule has 0 aliphatic heterocycles. The van der Waals surface area contributed by atoms with E-state index in [4.69, 9.17) is 5.21 Å². The number of hydrogen-bond donors (Lipinski definition) is 6. The number of hydroxylamine groups is 1. The van der Waals surface area contributed by atoms with Crippen LogP contribution in [0.2, 0.25) is 0 Å². The number of anilines is 1. The van der Waals surface area contributed by atoms with Crippen LogP contribution in [0, 0.1) is 23.7 Å². The number of nitrogens with one attached hydrogen (secondary N) is 4. The lowest BCUT2D eigenvalue weighted by Gasteiger charge is -2.19. The predicted octanol–water partition coefficient (Wildman–Crippen LogP) is 0.765. The minimum Gasteiger partial charge on any atom is -0.391 e. The molecule has 1 aliphatic rings. The average Bonchev–Trinajstić information content (AvgIpc) is 3.69. The molecule has 1 aliphatic carbocycles. The first-order valence-corrected chi connectivity index (χ1v) is 11.0. The van der Waals surface area contributed by atoms with Gasteiger partial charge in [-0.2, -0.15) is 0 Å². The van der Waals surface area contributed by atoms with Gasteiger partial charge in [0.2, 0.25) is 5.91 Å². The van der Waals surface area contributed by atoms with Crippen LogP contribution >= 0.6 is 0 Å². The summed E-state index contributed by atoms with van der Waals surface area (Å²) in [6.07, 6.45) is 1.06. The highest BCUT2D eigenvalue weighted by Crippen LogP contribution is 2.18. The van der Waals surface area contributed by atoms with Gasteiger partial charge in [-0.05, 0) is 80.1 Å². The van der Waals surface area contributed by atoms with Crippen molar-refractivity contribution in [2.24, 2.45) is 0 Å². The Morgan fingerprint density at radius 1 is 0.971 bits per heavy atom. The van der Waals surface area contributed by atoms with E-state index in [2.05, 4.69) is 39.6 Å². The summed E-state index contributed by atoms with van der Waals surface area (Å²) in [6, 6.07) is 12.6. The molecule has 0 aromatic heterocycles. The summed E-state index contributed by atoms with van der Waals surface area (Å²) in [5.41, 5.74) is 3.75. The van der Waals surface area contributed by atoms with E-state index in [1.54, 1.807) is 36.4 Å². The van der Waals surface area contributed by atoms with Gasteiger partial charge in [-0.3, -0.25) is 19.6 Å². The molecule has 1 saturated carbocycles. The molecule has 0 spiro atoms. The second kappa shape index (κ2) is 12.4. The topological polar surface area (TPSA) is 140 Å². The molecule has 9 heteroatoms. The van der Waals surface area contributed by atoms with Gasteiger partial charge in [0.25, 0.3) is 11.8 Å². The van der Waals surface area contributed by atoms with E-state index >= 15 is 0 Å². The molecular weight excluding hydrogens is 448 g/mol. The lowest BCUT2D eigenvalue weighted by Crippen LogP contribution is -2.51. The van der Waals surface area contributed by atoms with Crippen LogP contribution in [0.25, 0.3) is 0 Å². The molecule has 180 valence electrons. The van der Waals surface area contributed by atoms with Crippen LogP contribution in [-0.2, 0) is 9.59 Å². The van der Waals surface area contributed by atoms with Gasteiger partial charge in [-0.1, -0.05) is 11.8 Å². The SMILES string of the molecule is C[C@@H](O)[C@H](NC(=O)c1ccc(C#CC#Cc2ccc(NC(=O)CNC3CC3)cc2)cc1)C(=O)NO. The van der Waals surface area contributed by atoms with Crippen molar-refractivity contribution in [1.82, 2.24) is 16.1 Å². The van der Waals surface area contributed by atoms with Gasteiger partial charge in [-0.25, -0.2) is 5.48 Å². The summed E-state index contributed by atoms with van der Waals surface area (Å²) >= 11 is 0. The number of rotatable bonds is 8. The molecule has 2 aromatic carbocycles. The fourth-order valence-corrected chi connectivity index (χ4v) is 2.98. The number of aliphatic hydroxyl groups is 1. The number of aliphatic hydroxyl groups excluding tert-OH is 1. The van der Waals surface area contributed by atoms with Crippen LogP contribution in [0.3, 0.4) is 0 Å². The predicted molar refractivity (Wildman–Crippen MR) is 129 cm³/mol. The van der Waals surface area contributed by atoms with Gasteiger partial charge >= 0.3 is 0 Å². The summed E-state index contributed by atoms with van der Waals surface area (Å²) in [4.78, 5) is 35.7. The highest BCUT2D eigenvalue weighted by atomic mass is 16.5. The van der Waals surface area contributed by atoms with E-state index in [1.807, 2.05) is 0 Å². The number of benzene rings is 2. The smallest absolute Gasteiger partial charge is 0.268 e. The average molecular weight is 475 g/mol. The molecule has 2 atom stereocenters. The van der Waals surface area contributed by atoms with Gasteiger partial charge in [0.05, 0.1) is 12.6 Å². The van der Waals surface area contributed by atoms with Crippen molar-refractivity contribution in [3.63, 3.8) is 0 Å². The fourth-order valence-electron chi connectivity index (χ4n) is 2.98.